The topological polar surface area (TPSA) is 52.1 Å². The van der Waals surface area contributed by atoms with Crippen molar-refractivity contribution in [2.24, 2.45) is 5.41 Å². The number of rotatable bonds is 5. The first-order valence-corrected chi connectivity index (χ1v) is 12.3. The van der Waals surface area contributed by atoms with E-state index in [0.717, 1.165) is 16.2 Å². The first-order chi connectivity index (χ1) is 12.9. The first kappa shape index (κ1) is 22.6. The van der Waals surface area contributed by atoms with Crippen LogP contribution in [0, 0.1) is 12.3 Å². The number of aryl methyl sites for hydroxylation is 1. The summed E-state index contributed by atoms with van der Waals surface area (Å²) < 4.78 is 5.96. The van der Waals surface area contributed by atoms with Crippen LogP contribution in [0.5, 0.6) is 5.75 Å². The number of benzene rings is 1. The Kier molecular flexibility index (Phi) is 6.72. The minimum atomic E-state index is -2.57. The standard InChI is InChI=1S/C22H31ClN2O2Si/c1-14(2)28(15(3)4,21-24-10-9-11-25-21)19-17(23)12-16(5)13-18(19)27-20(26)22(6,7)8/h9-15H,1-8H3. The Morgan fingerprint density at radius 3 is 2.07 bits per heavy atom. The molecule has 0 aliphatic carbocycles. The Morgan fingerprint density at radius 2 is 1.61 bits per heavy atom. The van der Waals surface area contributed by atoms with Crippen LogP contribution in [0.2, 0.25) is 16.1 Å². The van der Waals surface area contributed by atoms with Crippen molar-refractivity contribution in [2.45, 2.75) is 66.5 Å². The lowest BCUT2D eigenvalue weighted by atomic mass is 9.97. The number of esters is 1. The molecule has 6 heteroatoms. The van der Waals surface area contributed by atoms with E-state index in [1.165, 1.54) is 0 Å². The Labute approximate surface area is 174 Å². The van der Waals surface area contributed by atoms with E-state index < -0.39 is 13.5 Å². The van der Waals surface area contributed by atoms with Crippen molar-refractivity contribution in [1.29, 1.82) is 0 Å². The Morgan fingerprint density at radius 1 is 1.07 bits per heavy atom. The van der Waals surface area contributed by atoms with Crippen LogP contribution in [-0.4, -0.2) is 24.0 Å². The molecule has 0 radical (unpaired) electrons. The molecule has 1 aromatic heterocycles. The van der Waals surface area contributed by atoms with Crippen LogP contribution in [0.15, 0.2) is 30.6 Å². The Bertz CT molecular complexity index is 838. The average molecular weight is 419 g/mol. The molecule has 0 unspecified atom stereocenters. The zero-order valence-electron chi connectivity index (χ0n) is 18.1. The molecule has 0 N–H and O–H groups in total. The van der Waals surface area contributed by atoms with Gasteiger partial charge in [-0.3, -0.25) is 4.79 Å². The van der Waals surface area contributed by atoms with E-state index in [1.54, 1.807) is 12.4 Å². The zero-order valence-corrected chi connectivity index (χ0v) is 19.9. The van der Waals surface area contributed by atoms with Crippen LogP contribution in [0.25, 0.3) is 0 Å². The predicted octanol–water partition coefficient (Wildman–Crippen LogP) is 4.77. The van der Waals surface area contributed by atoms with Crippen molar-refractivity contribution in [3.8, 4) is 5.75 Å². The molecule has 28 heavy (non-hydrogen) atoms. The second kappa shape index (κ2) is 8.33. The highest BCUT2D eigenvalue weighted by Crippen LogP contribution is 2.37. The number of nitrogens with zero attached hydrogens (tertiary/aromatic N) is 2. The fourth-order valence-electron chi connectivity index (χ4n) is 3.83. The van der Waals surface area contributed by atoms with Crippen molar-refractivity contribution in [1.82, 2.24) is 9.97 Å². The third-order valence-corrected chi connectivity index (χ3v) is 11.6. The number of carbonyl (C=O) groups is 1. The van der Waals surface area contributed by atoms with E-state index in [4.69, 9.17) is 16.3 Å². The highest BCUT2D eigenvalue weighted by molar-refractivity contribution is 7.04. The molecule has 1 aromatic carbocycles. The lowest BCUT2D eigenvalue weighted by molar-refractivity contribution is -0.142. The van der Waals surface area contributed by atoms with E-state index >= 15 is 0 Å². The molecule has 152 valence electrons. The second-order valence-electron chi connectivity index (χ2n) is 9.01. The van der Waals surface area contributed by atoms with Gasteiger partial charge in [0.15, 0.2) is 8.07 Å². The molecule has 4 nitrogen and oxygen atoms in total. The Hall–Kier alpha value is -1.72. The van der Waals surface area contributed by atoms with E-state index in [0.29, 0.717) is 10.8 Å². The van der Waals surface area contributed by atoms with Gasteiger partial charge in [0.1, 0.15) is 11.2 Å². The molecule has 1 heterocycles. The number of hydrogen-bond donors (Lipinski definition) is 0. The molecule has 0 aliphatic heterocycles. The summed E-state index contributed by atoms with van der Waals surface area (Å²) in [7, 11) is -2.57. The van der Waals surface area contributed by atoms with Crippen molar-refractivity contribution in [3.63, 3.8) is 0 Å². The van der Waals surface area contributed by atoms with E-state index in [9.17, 15) is 4.79 Å². The summed E-state index contributed by atoms with van der Waals surface area (Å²) in [6, 6.07) is 5.68. The normalized spacial score (nSPS) is 12.5. The zero-order chi connectivity index (χ0) is 21.3. The summed E-state index contributed by atoms with van der Waals surface area (Å²) in [5.41, 5.74) is 1.66. The quantitative estimate of drug-likeness (QED) is 0.398. The number of ether oxygens (including phenoxy) is 1. The molecule has 2 rings (SSSR count). The maximum atomic E-state index is 12.7. The van der Waals surface area contributed by atoms with E-state index in [-0.39, 0.29) is 17.1 Å². The smallest absolute Gasteiger partial charge is 0.316 e. The molecule has 0 bridgehead atoms. The van der Waals surface area contributed by atoms with Gasteiger partial charge in [-0.2, -0.15) is 0 Å². The molecule has 0 atom stereocenters. The van der Waals surface area contributed by atoms with Crippen LogP contribution in [0.1, 0.15) is 54.0 Å². The summed E-state index contributed by atoms with van der Waals surface area (Å²) in [6.45, 7) is 16.3. The van der Waals surface area contributed by atoms with Gasteiger partial charge in [-0.15, -0.1) is 0 Å². The largest absolute Gasteiger partial charge is 0.426 e. The molecule has 0 spiro atoms. The second-order valence-corrected chi connectivity index (χ2v) is 14.4. The first-order valence-electron chi connectivity index (χ1n) is 9.72. The molecule has 0 fully saturated rings. The number of halogens is 1. The van der Waals surface area contributed by atoms with E-state index in [2.05, 4.69) is 37.7 Å². The van der Waals surface area contributed by atoms with Gasteiger partial charge in [0.05, 0.1) is 5.41 Å². The van der Waals surface area contributed by atoms with Gasteiger partial charge in [-0.1, -0.05) is 39.3 Å². The number of aromatic nitrogens is 2. The SMILES string of the molecule is Cc1cc(Cl)c([Si](c2ncccn2)(C(C)C)C(C)C)c(OC(=O)C(C)(C)C)c1. The molecule has 0 aliphatic rings. The van der Waals surface area contributed by atoms with Gasteiger partial charge in [0.2, 0.25) is 0 Å². The third kappa shape index (κ3) is 4.15. The van der Waals surface area contributed by atoms with Gasteiger partial charge in [-0.05, 0) is 62.5 Å². The lowest BCUT2D eigenvalue weighted by Crippen LogP contribution is -2.65. The van der Waals surface area contributed by atoms with Crippen LogP contribution < -0.4 is 15.4 Å². The highest BCUT2D eigenvalue weighted by atomic mass is 35.5. The van der Waals surface area contributed by atoms with E-state index in [1.807, 2.05) is 45.9 Å². The number of carbonyl (C=O) groups excluding carboxylic acids is 1. The molecule has 0 amide bonds. The maximum absolute atomic E-state index is 12.7. The molecule has 0 saturated heterocycles. The summed E-state index contributed by atoms with van der Waals surface area (Å²) in [5.74, 6) is 0.270. The van der Waals surface area contributed by atoms with Crippen LogP contribution in [0.4, 0.5) is 0 Å². The van der Waals surface area contributed by atoms with Crippen molar-refractivity contribution in [2.75, 3.05) is 0 Å². The molecule has 2 aromatic rings. The summed E-state index contributed by atoms with van der Waals surface area (Å²) in [4.78, 5) is 22.0. The molecule has 0 saturated carbocycles. The summed E-state index contributed by atoms with van der Waals surface area (Å²) in [5, 5.41) is 1.53. The highest BCUT2D eigenvalue weighted by Gasteiger charge is 2.50. The fourth-order valence-corrected chi connectivity index (χ4v) is 9.88. The number of hydrogen-bond acceptors (Lipinski definition) is 4. The van der Waals surface area contributed by atoms with Gasteiger partial charge in [0.25, 0.3) is 0 Å². The lowest BCUT2D eigenvalue weighted by Gasteiger charge is -2.39. The maximum Gasteiger partial charge on any atom is 0.316 e. The Balaban J connectivity index is 2.86. The van der Waals surface area contributed by atoms with Crippen LogP contribution in [0.3, 0.4) is 0 Å². The third-order valence-electron chi connectivity index (χ3n) is 5.18. The van der Waals surface area contributed by atoms with Crippen molar-refractivity contribution < 1.29 is 9.53 Å². The fraction of sp³-hybridized carbons (Fsp3) is 0.500. The summed E-state index contributed by atoms with van der Waals surface area (Å²) >= 11 is 6.84. The minimum absolute atomic E-state index is 0.252. The molecular weight excluding hydrogens is 388 g/mol. The monoisotopic (exact) mass is 418 g/mol. The van der Waals surface area contributed by atoms with Gasteiger partial charge >= 0.3 is 5.97 Å². The van der Waals surface area contributed by atoms with Crippen LogP contribution >= 0.6 is 11.6 Å². The summed E-state index contributed by atoms with van der Waals surface area (Å²) in [6.07, 6.45) is 3.55. The van der Waals surface area contributed by atoms with Crippen molar-refractivity contribution >= 4 is 36.3 Å². The van der Waals surface area contributed by atoms with Gasteiger partial charge in [-0.25, -0.2) is 9.97 Å². The molecular formula is C22H31ClN2O2Si. The van der Waals surface area contributed by atoms with Gasteiger partial charge < -0.3 is 4.74 Å². The van der Waals surface area contributed by atoms with Gasteiger partial charge in [0, 0.05) is 22.6 Å². The average Bonchev–Trinajstić information content (AvgIpc) is 2.57. The predicted molar refractivity (Wildman–Crippen MR) is 119 cm³/mol. The van der Waals surface area contributed by atoms with Crippen molar-refractivity contribution in [3.05, 3.63) is 41.2 Å². The minimum Gasteiger partial charge on any atom is -0.426 e. The van der Waals surface area contributed by atoms with Crippen LogP contribution in [-0.2, 0) is 4.79 Å².